The van der Waals surface area contributed by atoms with Gasteiger partial charge in [0.25, 0.3) is 5.91 Å². The monoisotopic (exact) mass is 696 g/mol. The Bertz CT molecular complexity index is 1390. The van der Waals surface area contributed by atoms with Gasteiger partial charge in [0.05, 0.1) is 4.47 Å². The standard InChI is InChI=1S/C34H45BrN6O5/c35-28-22-24(6-7-30(28)42)23-31(32(43)39-16-9-26(10-17-39)38-15-3-13-36-14-21-38)46-34(45)40-18-11-27(12-19-40)41-20-8-25-4-1-2-5-29(25)37-33(41)44/h1-2,4-7,22,26-27,31,36,42H,3,8-21,23H2,(H,37,44)/t31-/m1/s1. The summed E-state index contributed by atoms with van der Waals surface area (Å²) >= 11 is 3.37. The van der Waals surface area contributed by atoms with Crippen molar-refractivity contribution in [2.45, 2.75) is 63.1 Å². The van der Waals surface area contributed by atoms with Crippen LogP contribution in [0.2, 0.25) is 0 Å². The summed E-state index contributed by atoms with van der Waals surface area (Å²) in [6, 6.07) is 13.4. The van der Waals surface area contributed by atoms with Crippen molar-refractivity contribution in [3.05, 3.63) is 58.1 Å². The van der Waals surface area contributed by atoms with Crippen LogP contribution in [0.15, 0.2) is 46.9 Å². The fourth-order valence-electron chi connectivity index (χ4n) is 7.25. The van der Waals surface area contributed by atoms with Crippen molar-refractivity contribution in [2.75, 3.05) is 64.2 Å². The van der Waals surface area contributed by atoms with E-state index < -0.39 is 12.2 Å². The molecule has 6 rings (SSSR count). The van der Waals surface area contributed by atoms with Gasteiger partial charge in [0.15, 0.2) is 6.10 Å². The number of carbonyl (C=O) groups excluding carboxylic acids is 3. The van der Waals surface area contributed by atoms with Crippen molar-refractivity contribution in [1.29, 1.82) is 0 Å². The molecule has 4 heterocycles. The number of likely N-dealkylation sites (tertiary alicyclic amines) is 2. The summed E-state index contributed by atoms with van der Waals surface area (Å²) < 4.78 is 6.54. The number of benzene rings is 2. The zero-order valence-corrected chi connectivity index (χ0v) is 27.9. The second kappa shape index (κ2) is 15.0. The van der Waals surface area contributed by atoms with Gasteiger partial charge < -0.3 is 35.2 Å². The molecule has 0 saturated carbocycles. The van der Waals surface area contributed by atoms with E-state index in [9.17, 15) is 19.5 Å². The summed E-state index contributed by atoms with van der Waals surface area (Å²) in [6.07, 6.45) is 3.73. The van der Waals surface area contributed by atoms with Crippen LogP contribution >= 0.6 is 15.9 Å². The molecule has 46 heavy (non-hydrogen) atoms. The van der Waals surface area contributed by atoms with Gasteiger partial charge in [0, 0.05) is 70.0 Å². The van der Waals surface area contributed by atoms with E-state index in [0.717, 1.165) is 68.7 Å². The maximum Gasteiger partial charge on any atom is 0.410 e. The Morgan fingerprint density at radius 3 is 2.43 bits per heavy atom. The van der Waals surface area contributed by atoms with Crippen LogP contribution in [-0.2, 0) is 22.4 Å². The number of phenols is 1. The molecule has 11 nitrogen and oxygen atoms in total. The van der Waals surface area contributed by atoms with Gasteiger partial charge in [-0.15, -0.1) is 0 Å². The minimum absolute atomic E-state index is 0.0198. The summed E-state index contributed by atoms with van der Waals surface area (Å²) in [7, 11) is 0. The molecule has 4 aliphatic heterocycles. The maximum atomic E-state index is 13.9. The molecule has 12 heteroatoms. The van der Waals surface area contributed by atoms with Crippen LogP contribution in [0.25, 0.3) is 0 Å². The molecule has 3 fully saturated rings. The smallest absolute Gasteiger partial charge is 0.410 e. The van der Waals surface area contributed by atoms with Crippen LogP contribution in [0.3, 0.4) is 0 Å². The maximum absolute atomic E-state index is 13.9. The number of piperidine rings is 2. The number of ether oxygens (including phenoxy) is 1. The van der Waals surface area contributed by atoms with Gasteiger partial charge in [0.2, 0.25) is 0 Å². The summed E-state index contributed by atoms with van der Waals surface area (Å²) in [5, 5.41) is 16.5. The number of anilines is 1. The quantitative estimate of drug-likeness (QED) is 0.418. The lowest BCUT2D eigenvalue weighted by Crippen LogP contribution is -2.52. The number of nitrogens with one attached hydrogen (secondary N) is 2. The number of urea groups is 1. The van der Waals surface area contributed by atoms with Gasteiger partial charge in [-0.3, -0.25) is 9.69 Å². The van der Waals surface area contributed by atoms with Gasteiger partial charge in [-0.2, -0.15) is 0 Å². The molecular formula is C34H45BrN6O5. The van der Waals surface area contributed by atoms with Crippen molar-refractivity contribution in [1.82, 2.24) is 24.9 Å². The summed E-state index contributed by atoms with van der Waals surface area (Å²) in [6.45, 7) is 6.94. The third-order valence-electron chi connectivity index (χ3n) is 9.92. The van der Waals surface area contributed by atoms with Crippen LogP contribution in [0.4, 0.5) is 15.3 Å². The first-order valence-corrected chi connectivity index (χ1v) is 17.5. The molecule has 1 atom stereocenters. The second-order valence-corrected chi connectivity index (χ2v) is 13.7. The predicted octanol–water partition coefficient (Wildman–Crippen LogP) is 4.04. The molecule has 4 aliphatic rings. The normalized spacial score (nSPS) is 21.2. The minimum atomic E-state index is -0.976. The number of nitrogens with zero attached hydrogens (tertiary/aromatic N) is 4. The van der Waals surface area contributed by atoms with Gasteiger partial charge in [-0.05, 0) is 96.9 Å². The highest BCUT2D eigenvalue weighted by Crippen LogP contribution is 2.28. The third kappa shape index (κ3) is 7.78. The van der Waals surface area contributed by atoms with Crippen molar-refractivity contribution >= 4 is 39.6 Å². The van der Waals surface area contributed by atoms with Crippen LogP contribution in [-0.4, -0.2) is 120 Å². The lowest BCUT2D eigenvalue weighted by Gasteiger charge is -2.40. The predicted molar refractivity (Wildman–Crippen MR) is 179 cm³/mol. The number of phenolic OH excluding ortho intramolecular Hbond substituents is 1. The molecule has 0 radical (unpaired) electrons. The molecule has 248 valence electrons. The Kier molecular flexibility index (Phi) is 10.7. The molecule has 0 aliphatic carbocycles. The topological polar surface area (TPSA) is 118 Å². The number of hydrogen-bond acceptors (Lipinski definition) is 7. The van der Waals surface area contributed by atoms with E-state index in [2.05, 4.69) is 31.5 Å². The average Bonchev–Trinajstić information content (AvgIpc) is 3.45. The number of fused-ring (bicyclic) bond motifs is 1. The molecule has 0 spiro atoms. The highest BCUT2D eigenvalue weighted by Gasteiger charge is 2.36. The second-order valence-electron chi connectivity index (χ2n) is 12.8. The number of halogens is 1. The van der Waals surface area contributed by atoms with E-state index in [1.165, 1.54) is 0 Å². The highest BCUT2D eigenvalue weighted by atomic mass is 79.9. The Balaban J connectivity index is 1.07. The third-order valence-corrected chi connectivity index (χ3v) is 10.6. The molecule has 3 N–H and O–H groups in total. The van der Waals surface area contributed by atoms with Crippen molar-refractivity contribution in [3.8, 4) is 5.75 Å². The molecule has 0 aromatic heterocycles. The average molecular weight is 698 g/mol. The first kappa shape index (κ1) is 32.6. The van der Waals surface area contributed by atoms with Crippen molar-refractivity contribution in [3.63, 3.8) is 0 Å². The molecule has 0 unspecified atom stereocenters. The largest absolute Gasteiger partial charge is 0.507 e. The van der Waals surface area contributed by atoms with Crippen LogP contribution in [0.1, 0.15) is 43.2 Å². The first-order chi connectivity index (χ1) is 22.4. The first-order valence-electron chi connectivity index (χ1n) is 16.7. The molecular weight excluding hydrogens is 652 g/mol. The fourth-order valence-corrected chi connectivity index (χ4v) is 7.68. The fraction of sp³-hybridized carbons (Fsp3) is 0.559. The Labute approximate surface area is 279 Å². The molecule has 0 bridgehead atoms. The van der Waals surface area contributed by atoms with Gasteiger partial charge in [-0.1, -0.05) is 24.3 Å². The molecule has 4 amide bonds. The number of hydrogen-bond donors (Lipinski definition) is 3. The number of rotatable bonds is 6. The van der Waals surface area contributed by atoms with Gasteiger partial charge in [-0.25, -0.2) is 9.59 Å². The summed E-state index contributed by atoms with van der Waals surface area (Å²) in [4.78, 5) is 48.5. The lowest BCUT2D eigenvalue weighted by molar-refractivity contribution is -0.142. The van der Waals surface area contributed by atoms with Crippen molar-refractivity contribution in [2.24, 2.45) is 0 Å². The molecule has 2 aromatic carbocycles. The van der Waals surface area contributed by atoms with E-state index in [4.69, 9.17) is 4.74 Å². The summed E-state index contributed by atoms with van der Waals surface area (Å²) in [5.41, 5.74) is 2.77. The van der Waals surface area contributed by atoms with Crippen LogP contribution in [0.5, 0.6) is 5.75 Å². The van der Waals surface area contributed by atoms with Crippen molar-refractivity contribution < 1.29 is 24.2 Å². The zero-order chi connectivity index (χ0) is 32.0. The lowest BCUT2D eigenvalue weighted by atomic mass is 10.0. The zero-order valence-electron chi connectivity index (χ0n) is 26.3. The summed E-state index contributed by atoms with van der Waals surface area (Å²) in [5.74, 6) is -0.0662. The Morgan fingerprint density at radius 2 is 1.65 bits per heavy atom. The number of carbonyl (C=O) groups is 3. The Morgan fingerprint density at radius 1 is 0.913 bits per heavy atom. The van der Waals surface area contributed by atoms with Gasteiger partial charge >= 0.3 is 12.1 Å². The highest BCUT2D eigenvalue weighted by molar-refractivity contribution is 9.10. The minimum Gasteiger partial charge on any atom is -0.507 e. The number of para-hydroxylation sites is 1. The van der Waals surface area contributed by atoms with Crippen LogP contribution in [0, 0.1) is 0 Å². The van der Waals surface area contributed by atoms with E-state index >= 15 is 0 Å². The van der Waals surface area contributed by atoms with Crippen LogP contribution < -0.4 is 10.6 Å². The van der Waals surface area contributed by atoms with E-state index in [0.29, 0.717) is 56.1 Å². The molecule has 3 saturated heterocycles. The number of aromatic hydroxyl groups is 1. The van der Waals surface area contributed by atoms with E-state index in [-0.39, 0.29) is 30.2 Å². The van der Waals surface area contributed by atoms with E-state index in [1.54, 1.807) is 23.1 Å². The SMILES string of the molecule is O=C(O[C@H](Cc1ccc(O)c(Br)c1)C(=O)N1CCC(N2CCCNCC2)CC1)N1CCC(N2CCc3ccccc3NC2=O)CC1. The van der Waals surface area contributed by atoms with E-state index in [1.807, 2.05) is 34.1 Å². The molecule has 2 aromatic rings. The van der Waals surface area contributed by atoms with Gasteiger partial charge in [0.1, 0.15) is 5.75 Å². The number of amides is 4. The Hall–Kier alpha value is -3.35.